The Morgan fingerprint density at radius 3 is 2.27 bits per heavy atom. The van der Waals surface area contributed by atoms with Crippen LogP contribution in [0.4, 0.5) is 17.6 Å². The number of piperidine rings is 1. The minimum Gasteiger partial charge on any atom is -0.490 e. The lowest BCUT2D eigenvalue weighted by molar-refractivity contribution is -0.217. The van der Waals surface area contributed by atoms with Crippen molar-refractivity contribution in [2.45, 2.75) is 63.0 Å². The lowest BCUT2D eigenvalue weighted by Gasteiger charge is -2.38. The van der Waals surface area contributed by atoms with Crippen LogP contribution in [0.25, 0.3) is 0 Å². The van der Waals surface area contributed by atoms with Crippen LogP contribution in [0.1, 0.15) is 44.9 Å². The molecule has 0 aromatic heterocycles. The van der Waals surface area contributed by atoms with Crippen molar-refractivity contribution in [2.24, 2.45) is 11.7 Å². The Balaban J connectivity index is 1.33. The molecule has 9 heteroatoms. The van der Waals surface area contributed by atoms with Crippen molar-refractivity contribution >= 4 is 5.97 Å². The summed E-state index contributed by atoms with van der Waals surface area (Å²) in [6.45, 7) is 2.72. The van der Waals surface area contributed by atoms with Crippen molar-refractivity contribution < 1.29 is 31.8 Å². The van der Waals surface area contributed by atoms with Gasteiger partial charge in [-0.25, -0.2) is 9.18 Å². The minimum atomic E-state index is -5.02. The average Bonchev–Trinajstić information content (AvgIpc) is 2.69. The number of nitrogens with two attached hydrogens (primary N) is 1. The van der Waals surface area contributed by atoms with Crippen molar-refractivity contribution in [3.63, 3.8) is 0 Å². The molecule has 2 aliphatic rings. The van der Waals surface area contributed by atoms with Crippen LogP contribution in [0, 0.1) is 11.7 Å². The molecule has 3 rings (SSSR count). The summed E-state index contributed by atoms with van der Waals surface area (Å²) >= 11 is 0. The molecule has 30 heavy (non-hydrogen) atoms. The minimum absolute atomic E-state index is 0.113. The lowest BCUT2D eigenvalue weighted by atomic mass is 9.82. The van der Waals surface area contributed by atoms with Gasteiger partial charge in [-0.15, -0.1) is 0 Å². The van der Waals surface area contributed by atoms with Gasteiger partial charge in [0.2, 0.25) is 0 Å². The number of benzene rings is 1. The number of alkyl halides is 3. The summed E-state index contributed by atoms with van der Waals surface area (Å²) in [5, 5.41) is 0. The number of halogens is 4. The summed E-state index contributed by atoms with van der Waals surface area (Å²) in [6, 6.07) is 6.03. The molecule has 0 radical (unpaired) electrons. The highest BCUT2D eigenvalue weighted by Crippen LogP contribution is 2.35. The highest BCUT2D eigenvalue weighted by molar-refractivity contribution is 5.76. The molecular formula is C21H28F4N2O3. The second kappa shape index (κ2) is 9.51. The van der Waals surface area contributed by atoms with E-state index in [1.807, 2.05) is 0 Å². The fourth-order valence-electron chi connectivity index (χ4n) is 4.12. The van der Waals surface area contributed by atoms with Gasteiger partial charge in [0.15, 0.2) is 5.72 Å². The summed E-state index contributed by atoms with van der Waals surface area (Å²) < 4.78 is 60.5. The number of nitrogens with zero attached hydrogens (tertiary/aromatic N) is 1. The molecule has 0 amide bonds. The van der Waals surface area contributed by atoms with Crippen molar-refractivity contribution in [3.8, 4) is 5.75 Å². The highest BCUT2D eigenvalue weighted by Gasteiger charge is 2.46. The average molecular weight is 432 g/mol. The van der Waals surface area contributed by atoms with E-state index >= 15 is 0 Å². The van der Waals surface area contributed by atoms with E-state index in [0.29, 0.717) is 24.5 Å². The molecule has 0 atom stereocenters. The third-order valence-electron chi connectivity index (χ3n) is 5.98. The molecule has 1 heterocycles. The first kappa shape index (κ1) is 22.8. The fourth-order valence-corrected chi connectivity index (χ4v) is 4.12. The molecule has 5 nitrogen and oxygen atoms in total. The predicted octanol–water partition coefficient (Wildman–Crippen LogP) is 4.01. The molecular weight excluding hydrogens is 404 g/mol. The van der Waals surface area contributed by atoms with Crippen LogP contribution < -0.4 is 10.5 Å². The lowest BCUT2D eigenvalue weighted by Crippen LogP contribution is -2.49. The first-order valence-corrected chi connectivity index (χ1v) is 10.4. The number of hydrogen-bond donors (Lipinski definition) is 1. The molecule has 168 valence electrons. The van der Waals surface area contributed by atoms with E-state index in [1.54, 1.807) is 12.1 Å². The Morgan fingerprint density at radius 1 is 1.10 bits per heavy atom. The van der Waals surface area contributed by atoms with Crippen LogP contribution >= 0.6 is 0 Å². The third kappa shape index (κ3) is 6.57. The second-order valence-electron chi connectivity index (χ2n) is 8.30. The third-order valence-corrected chi connectivity index (χ3v) is 5.98. The Bertz CT molecular complexity index is 695. The SMILES string of the molecule is NC1(OC(=O)C(F)(F)F)CCC(CCN2CCC(Oc3ccc(F)cc3)CC2)CC1. The number of carbonyl (C=O) groups excluding carboxylic acids is 1. The normalized spacial score (nSPS) is 26.4. The Kier molecular flexibility index (Phi) is 7.23. The molecule has 1 aliphatic heterocycles. The molecule has 0 unspecified atom stereocenters. The van der Waals surface area contributed by atoms with Gasteiger partial charge in [0.25, 0.3) is 0 Å². The number of likely N-dealkylation sites (tertiary alicyclic amines) is 1. The number of rotatable bonds is 6. The topological polar surface area (TPSA) is 64.8 Å². The van der Waals surface area contributed by atoms with E-state index in [-0.39, 0.29) is 24.8 Å². The Hall–Kier alpha value is -1.87. The summed E-state index contributed by atoms with van der Waals surface area (Å²) in [5.74, 6) is -1.47. The van der Waals surface area contributed by atoms with Gasteiger partial charge >= 0.3 is 12.1 Å². The van der Waals surface area contributed by atoms with Gasteiger partial charge in [-0.1, -0.05) is 0 Å². The molecule has 1 aliphatic carbocycles. The molecule has 1 saturated heterocycles. The summed E-state index contributed by atoms with van der Waals surface area (Å²) in [6.07, 6.45) is -0.411. The van der Waals surface area contributed by atoms with Gasteiger partial charge in [-0.3, -0.25) is 5.73 Å². The molecule has 1 aromatic rings. The maximum Gasteiger partial charge on any atom is 0.490 e. The van der Waals surface area contributed by atoms with E-state index in [0.717, 1.165) is 38.9 Å². The zero-order valence-corrected chi connectivity index (χ0v) is 16.8. The van der Waals surface area contributed by atoms with Gasteiger partial charge in [0, 0.05) is 25.9 Å². The molecule has 2 fully saturated rings. The van der Waals surface area contributed by atoms with Crippen molar-refractivity contribution in [2.75, 3.05) is 19.6 Å². The molecule has 1 saturated carbocycles. The van der Waals surface area contributed by atoms with Crippen molar-refractivity contribution in [1.82, 2.24) is 4.90 Å². The Labute approximate surface area is 173 Å². The van der Waals surface area contributed by atoms with Crippen LogP contribution in [0.2, 0.25) is 0 Å². The van der Waals surface area contributed by atoms with Crippen molar-refractivity contribution in [3.05, 3.63) is 30.1 Å². The number of ether oxygens (including phenoxy) is 2. The monoisotopic (exact) mass is 432 g/mol. The van der Waals surface area contributed by atoms with Crippen LogP contribution in [0.5, 0.6) is 5.75 Å². The van der Waals surface area contributed by atoms with Gasteiger partial charge in [-0.05, 0) is 68.8 Å². The van der Waals surface area contributed by atoms with E-state index in [4.69, 9.17) is 10.5 Å². The zero-order chi connectivity index (χ0) is 21.8. The standard InChI is InChI=1S/C21H28F4N2O3/c22-16-1-3-17(4-2-16)29-18-8-13-27(14-9-18)12-7-15-5-10-20(26,11-6-15)30-19(28)21(23,24)25/h1-4,15,18H,5-14,26H2. The molecule has 0 bridgehead atoms. The van der Waals surface area contributed by atoms with Gasteiger partial charge in [0.1, 0.15) is 17.7 Å². The maximum atomic E-state index is 13.0. The van der Waals surface area contributed by atoms with E-state index in [1.165, 1.54) is 12.1 Å². The van der Waals surface area contributed by atoms with E-state index in [2.05, 4.69) is 9.64 Å². The predicted molar refractivity (Wildman–Crippen MR) is 102 cm³/mol. The molecule has 2 N–H and O–H groups in total. The summed E-state index contributed by atoms with van der Waals surface area (Å²) in [7, 11) is 0. The van der Waals surface area contributed by atoms with Crippen molar-refractivity contribution in [1.29, 1.82) is 0 Å². The largest absolute Gasteiger partial charge is 0.490 e. The van der Waals surface area contributed by atoms with Crippen LogP contribution in [0.15, 0.2) is 24.3 Å². The van der Waals surface area contributed by atoms with Crippen LogP contribution in [-0.2, 0) is 9.53 Å². The number of hydrogen-bond acceptors (Lipinski definition) is 5. The van der Waals surface area contributed by atoms with Gasteiger partial charge in [-0.2, -0.15) is 13.2 Å². The van der Waals surface area contributed by atoms with Crippen LogP contribution in [-0.4, -0.2) is 48.5 Å². The molecule has 1 aromatic carbocycles. The smallest absolute Gasteiger partial charge is 0.490 e. The zero-order valence-electron chi connectivity index (χ0n) is 16.8. The molecule has 0 spiro atoms. The van der Waals surface area contributed by atoms with Gasteiger partial charge < -0.3 is 14.4 Å². The van der Waals surface area contributed by atoms with Gasteiger partial charge in [0.05, 0.1) is 0 Å². The fraction of sp³-hybridized carbons (Fsp3) is 0.667. The number of esters is 1. The first-order valence-electron chi connectivity index (χ1n) is 10.4. The number of carbonyl (C=O) groups is 1. The van der Waals surface area contributed by atoms with E-state index < -0.39 is 17.9 Å². The quantitative estimate of drug-likeness (QED) is 0.418. The summed E-state index contributed by atoms with van der Waals surface area (Å²) in [5.41, 5.74) is 4.34. The first-order chi connectivity index (χ1) is 14.1. The Morgan fingerprint density at radius 2 is 1.70 bits per heavy atom. The maximum absolute atomic E-state index is 13.0. The summed E-state index contributed by atoms with van der Waals surface area (Å²) in [4.78, 5) is 13.4. The second-order valence-corrected chi connectivity index (χ2v) is 8.30. The van der Waals surface area contributed by atoms with Crippen LogP contribution in [0.3, 0.4) is 0 Å². The highest BCUT2D eigenvalue weighted by atomic mass is 19.4. The van der Waals surface area contributed by atoms with E-state index in [9.17, 15) is 22.4 Å².